The van der Waals surface area contributed by atoms with Crippen molar-refractivity contribution in [3.8, 4) is 0 Å². The smallest absolute Gasteiger partial charge is 0.355 e. The molecule has 0 spiro atoms. The number of carbonyl (C=O) groups is 3. The number of benzene rings is 1. The quantitative estimate of drug-likeness (QED) is 0.674. The second kappa shape index (κ2) is 7.08. The first-order valence-electron chi connectivity index (χ1n) is 7.23. The van der Waals surface area contributed by atoms with Crippen LogP contribution in [0.25, 0.3) is 0 Å². The number of Topliss-reactive ketones (excluding diaryl/α,β-unsaturated/α-hetero) is 1. The number of carbonyl (C=O) groups excluding carboxylic acids is 3. The van der Waals surface area contributed by atoms with Crippen LogP contribution in [0.5, 0.6) is 0 Å². The zero-order valence-electron chi connectivity index (χ0n) is 13.5. The fourth-order valence-corrected chi connectivity index (χ4v) is 2.03. The van der Waals surface area contributed by atoms with Crippen molar-refractivity contribution in [2.75, 3.05) is 5.32 Å². The van der Waals surface area contributed by atoms with Crippen LogP contribution in [0.4, 0.5) is 10.1 Å². The number of hydrogen-bond acceptors (Lipinski definition) is 4. The topological polar surface area (TPSA) is 77.4 Å². The molecule has 0 bridgehead atoms. The third kappa shape index (κ3) is 3.87. The predicted molar refractivity (Wildman–Crippen MR) is 85.3 cm³/mol. The molecule has 1 atom stereocenters. The number of ketones is 1. The number of nitrogens with one attached hydrogen (secondary N) is 1. The van der Waals surface area contributed by atoms with E-state index in [1.165, 1.54) is 48.9 Å². The Morgan fingerprint density at radius 2 is 1.92 bits per heavy atom. The average molecular weight is 332 g/mol. The maximum atomic E-state index is 13.5. The summed E-state index contributed by atoms with van der Waals surface area (Å²) in [4.78, 5) is 35.5. The van der Waals surface area contributed by atoms with Crippen molar-refractivity contribution in [2.45, 2.75) is 20.0 Å². The van der Waals surface area contributed by atoms with E-state index < -0.39 is 23.8 Å². The van der Waals surface area contributed by atoms with Gasteiger partial charge in [0.15, 0.2) is 11.9 Å². The first-order chi connectivity index (χ1) is 11.3. The summed E-state index contributed by atoms with van der Waals surface area (Å²) in [5.74, 6) is -2.18. The molecule has 0 aliphatic heterocycles. The molecular weight excluding hydrogens is 315 g/mol. The second-order valence-corrected chi connectivity index (χ2v) is 5.30. The molecule has 0 fully saturated rings. The highest BCUT2D eigenvalue weighted by atomic mass is 19.1. The summed E-state index contributed by atoms with van der Waals surface area (Å²) in [6.07, 6.45) is 0.371. The van der Waals surface area contributed by atoms with Crippen molar-refractivity contribution in [3.05, 3.63) is 53.6 Å². The molecule has 1 aromatic heterocycles. The van der Waals surface area contributed by atoms with Crippen molar-refractivity contribution in [1.82, 2.24) is 4.57 Å². The molecule has 7 heteroatoms. The van der Waals surface area contributed by atoms with Crippen molar-refractivity contribution in [1.29, 1.82) is 0 Å². The van der Waals surface area contributed by atoms with Gasteiger partial charge in [0.2, 0.25) is 0 Å². The maximum Gasteiger partial charge on any atom is 0.355 e. The Morgan fingerprint density at radius 1 is 1.25 bits per heavy atom. The minimum atomic E-state index is -1.13. The van der Waals surface area contributed by atoms with Crippen LogP contribution >= 0.6 is 0 Å². The summed E-state index contributed by atoms with van der Waals surface area (Å²) in [6.45, 7) is 2.76. The Labute approximate surface area is 138 Å². The molecule has 0 saturated heterocycles. The Bertz CT molecular complexity index is 798. The van der Waals surface area contributed by atoms with Gasteiger partial charge in [-0.15, -0.1) is 0 Å². The highest BCUT2D eigenvalue weighted by Crippen LogP contribution is 2.14. The fraction of sp³-hybridized carbons (Fsp3) is 0.235. The van der Waals surface area contributed by atoms with Gasteiger partial charge in [0.25, 0.3) is 5.91 Å². The highest BCUT2D eigenvalue weighted by Gasteiger charge is 2.22. The van der Waals surface area contributed by atoms with Gasteiger partial charge in [-0.25, -0.2) is 9.18 Å². The number of rotatable bonds is 5. The fourth-order valence-electron chi connectivity index (χ4n) is 2.03. The van der Waals surface area contributed by atoms with Crippen molar-refractivity contribution < 1.29 is 23.5 Å². The van der Waals surface area contributed by atoms with Gasteiger partial charge in [-0.3, -0.25) is 9.59 Å². The van der Waals surface area contributed by atoms with Gasteiger partial charge in [-0.1, -0.05) is 12.1 Å². The second-order valence-electron chi connectivity index (χ2n) is 5.30. The molecule has 1 amide bonds. The van der Waals surface area contributed by atoms with E-state index in [4.69, 9.17) is 4.74 Å². The van der Waals surface area contributed by atoms with Crippen molar-refractivity contribution in [2.24, 2.45) is 7.05 Å². The van der Waals surface area contributed by atoms with E-state index in [9.17, 15) is 18.8 Å². The van der Waals surface area contributed by atoms with Gasteiger partial charge >= 0.3 is 5.97 Å². The third-order valence-electron chi connectivity index (χ3n) is 3.41. The van der Waals surface area contributed by atoms with E-state index in [1.54, 1.807) is 13.1 Å². The lowest BCUT2D eigenvalue weighted by atomic mass is 10.2. The normalized spacial score (nSPS) is 11.7. The molecule has 1 N–H and O–H groups in total. The minimum absolute atomic E-state index is 0.00290. The number of para-hydroxylation sites is 1. The Kier molecular flexibility index (Phi) is 5.13. The van der Waals surface area contributed by atoms with Gasteiger partial charge in [0.05, 0.1) is 5.69 Å². The van der Waals surface area contributed by atoms with E-state index in [1.807, 2.05) is 0 Å². The Morgan fingerprint density at radius 3 is 2.50 bits per heavy atom. The van der Waals surface area contributed by atoms with Gasteiger partial charge in [-0.2, -0.15) is 0 Å². The van der Waals surface area contributed by atoms with Crippen LogP contribution in [0.1, 0.15) is 34.7 Å². The number of aryl methyl sites for hydroxylation is 1. The molecule has 0 aliphatic carbocycles. The molecule has 0 radical (unpaired) electrons. The molecule has 0 unspecified atom stereocenters. The summed E-state index contributed by atoms with van der Waals surface area (Å²) < 4.78 is 20.0. The molecule has 24 heavy (non-hydrogen) atoms. The average Bonchev–Trinajstić information content (AvgIpc) is 2.91. The zero-order valence-corrected chi connectivity index (χ0v) is 13.5. The van der Waals surface area contributed by atoms with Crippen molar-refractivity contribution >= 4 is 23.3 Å². The van der Waals surface area contributed by atoms with Crippen LogP contribution in [-0.2, 0) is 16.6 Å². The predicted octanol–water partition coefficient (Wildman–Crippen LogP) is 2.55. The van der Waals surface area contributed by atoms with Crippen LogP contribution < -0.4 is 5.32 Å². The van der Waals surface area contributed by atoms with Crippen LogP contribution in [-0.4, -0.2) is 28.3 Å². The number of aromatic nitrogens is 1. The zero-order chi connectivity index (χ0) is 17.9. The van der Waals surface area contributed by atoms with E-state index >= 15 is 0 Å². The molecule has 0 aliphatic rings. The largest absolute Gasteiger partial charge is 0.448 e. The number of amides is 1. The van der Waals surface area contributed by atoms with Gasteiger partial charge in [0, 0.05) is 18.8 Å². The number of esters is 1. The lowest BCUT2D eigenvalue weighted by Gasteiger charge is -2.14. The molecule has 126 valence electrons. The number of halogens is 1. The summed E-state index contributed by atoms with van der Waals surface area (Å²) in [5.41, 5.74) is 0.516. The highest BCUT2D eigenvalue weighted by molar-refractivity contribution is 5.99. The number of anilines is 1. The Hall–Kier alpha value is -2.96. The van der Waals surface area contributed by atoms with Crippen LogP contribution in [0, 0.1) is 5.82 Å². The van der Waals surface area contributed by atoms with Gasteiger partial charge in [0.1, 0.15) is 11.5 Å². The Balaban J connectivity index is 2.04. The SMILES string of the molecule is CC(=O)c1cc(C(=O)O[C@@H](C)C(=O)Nc2ccccc2F)n(C)c1. The first kappa shape index (κ1) is 17.4. The van der Waals surface area contributed by atoms with Crippen LogP contribution in [0.15, 0.2) is 36.5 Å². The van der Waals surface area contributed by atoms with E-state index in [0.717, 1.165) is 0 Å². The number of hydrogen-bond donors (Lipinski definition) is 1. The lowest BCUT2D eigenvalue weighted by molar-refractivity contribution is -0.123. The van der Waals surface area contributed by atoms with Crippen LogP contribution in [0.3, 0.4) is 0 Å². The lowest BCUT2D eigenvalue weighted by Crippen LogP contribution is -2.30. The van der Waals surface area contributed by atoms with E-state index in [0.29, 0.717) is 5.56 Å². The monoisotopic (exact) mass is 332 g/mol. The van der Waals surface area contributed by atoms with Gasteiger partial charge in [-0.05, 0) is 32.0 Å². The summed E-state index contributed by atoms with van der Waals surface area (Å²) >= 11 is 0. The summed E-state index contributed by atoms with van der Waals surface area (Å²) in [6, 6.07) is 7.07. The molecular formula is C17H17FN2O4. The molecule has 1 aromatic carbocycles. The molecule has 0 saturated carbocycles. The number of nitrogens with zero attached hydrogens (tertiary/aromatic N) is 1. The van der Waals surface area contributed by atoms with Crippen LogP contribution in [0.2, 0.25) is 0 Å². The third-order valence-corrected chi connectivity index (χ3v) is 3.41. The summed E-state index contributed by atoms with van der Waals surface area (Å²) in [5, 5.41) is 2.35. The standard InChI is InChI=1S/C17H17FN2O4/c1-10(21)12-8-15(20(3)9-12)17(23)24-11(2)16(22)19-14-7-5-4-6-13(14)18/h4-9,11H,1-3H3,(H,19,22)/t11-/m0/s1. The van der Waals surface area contributed by atoms with Crippen molar-refractivity contribution in [3.63, 3.8) is 0 Å². The molecule has 6 nitrogen and oxygen atoms in total. The maximum absolute atomic E-state index is 13.5. The minimum Gasteiger partial charge on any atom is -0.448 e. The van der Waals surface area contributed by atoms with E-state index in [-0.39, 0.29) is 17.2 Å². The first-order valence-corrected chi connectivity index (χ1v) is 7.23. The number of ether oxygens (including phenoxy) is 1. The molecule has 2 aromatic rings. The molecule has 2 rings (SSSR count). The molecule has 1 heterocycles. The summed E-state index contributed by atoms with van der Waals surface area (Å²) in [7, 11) is 1.59. The van der Waals surface area contributed by atoms with E-state index in [2.05, 4.69) is 5.32 Å². The van der Waals surface area contributed by atoms with Gasteiger partial charge < -0.3 is 14.6 Å².